The number of hydrogen-bond donors (Lipinski definition) is 0. The van der Waals surface area contributed by atoms with Gasteiger partial charge in [-0.25, -0.2) is 4.39 Å². The molecule has 2 aromatic rings. The van der Waals surface area contributed by atoms with Crippen LogP contribution in [0.4, 0.5) is 4.39 Å². The van der Waals surface area contributed by atoms with Crippen molar-refractivity contribution in [1.82, 2.24) is 0 Å². The molecular weight excluding hydrogens is 191 g/mol. The van der Waals surface area contributed by atoms with Crippen molar-refractivity contribution in [2.75, 3.05) is 7.11 Å². The van der Waals surface area contributed by atoms with Gasteiger partial charge in [0.15, 0.2) is 0 Å². The molecule has 0 aliphatic carbocycles. The molecule has 0 atom stereocenters. The normalized spacial score (nSPS) is 10.0. The third-order valence-electron chi connectivity index (χ3n) is 2.19. The van der Waals surface area contributed by atoms with Crippen molar-refractivity contribution in [2.24, 2.45) is 0 Å². The first-order chi connectivity index (χ1) is 7.29. The van der Waals surface area contributed by atoms with Gasteiger partial charge in [0.25, 0.3) is 0 Å². The van der Waals surface area contributed by atoms with Gasteiger partial charge in [-0.2, -0.15) is 0 Å². The molecule has 15 heavy (non-hydrogen) atoms. The number of rotatable bonds is 2. The molecule has 1 nitrogen and oxygen atoms in total. The predicted octanol–water partition coefficient (Wildman–Crippen LogP) is 3.30. The molecule has 75 valence electrons. The Hall–Kier alpha value is -1.83. The molecule has 0 saturated carbocycles. The Morgan fingerprint density at radius 3 is 2.40 bits per heavy atom. The number of ether oxygens (including phenoxy) is 1. The summed E-state index contributed by atoms with van der Waals surface area (Å²) in [6, 6.07) is 14.8. The Morgan fingerprint density at radius 1 is 1.07 bits per heavy atom. The zero-order valence-electron chi connectivity index (χ0n) is 8.33. The molecule has 0 aliphatic rings. The highest BCUT2D eigenvalue weighted by atomic mass is 19.1. The first kappa shape index (κ1) is 9.71. The lowest BCUT2D eigenvalue weighted by molar-refractivity contribution is 0.415. The number of benzene rings is 2. The minimum atomic E-state index is -0.344. The molecule has 0 aromatic heterocycles. The van der Waals surface area contributed by atoms with Gasteiger partial charge in [0.05, 0.1) is 7.11 Å². The van der Waals surface area contributed by atoms with E-state index in [0.717, 1.165) is 16.9 Å². The Labute approximate surface area is 88.1 Å². The first-order valence-corrected chi connectivity index (χ1v) is 4.61. The maximum absolute atomic E-state index is 12.9. The van der Waals surface area contributed by atoms with Crippen LogP contribution in [-0.2, 0) is 0 Å². The zero-order chi connectivity index (χ0) is 10.7. The van der Waals surface area contributed by atoms with E-state index in [0.29, 0.717) is 0 Å². The average Bonchev–Trinajstić information content (AvgIpc) is 2.29. The summed E-state index contributed by atoms with van der Waals surface area (Å²) in [6.07, 6.45) is 0. The van der Waals surface area contributed by atoms with E-state index in [9.17, 15) is 4.39 Å². The predicted molar refractivity (Wildman–Crippen MR) is 57.2 cm³/mol. The Balaban J connectivity index is 2.37. The van der Waals surface area contributed by atoms with Crippen molar-refractivity contribution in [3.63, 3.8) is 0 Å². The summed E-state index contributed by atoms with van der Waals surface area (Å²) in [7, 11) is 1.62. The second-order valence-electron chi connectivity index (χ2n) is 3.15. The van der Waals surface area contributed by atoms with Crippen LogP contribution in [-0.4, -0.2) is 7.11 Å². The SMILES string of the molecule is COc1ccc(-c2cc[c]c(F)c2)cc1. The average molecular weight is 201 g/mol. The Morgan fingerprint density at radius 2 is 1.80 bits per heavy atom. The maximum Gasteiger partial charge on any atom is 0.131 e. The summed E-state index contributed by atoms with van der Waals surface area (Å²) >= 11 is 0. The molecule has 0 saturated heterocycles. The second kappa shape index (κ2) is 4.13. The van der Waals surface area contributed by atoms with E-state index in [1.807, 2.05) is 30.3 Å². The second-order valence-corrected chi connectivity index (χ2v) is 3.15. The summed E-state index contributed by atoms with van der Waals surface area (Å²) in [5, 5.41) is 0. The van der Waals surface area contributed by atoms with Crippen molar-refractivity contribution in [1.29, 1.82) is 0 Å². The fraction of sp³-hybridized carbons (Fsp3) is 0.0769. The third-order valence-corrected chi connectivity index (χ3v) is 2.19. The van der Waals surface area contributed by atoms with Crippen LogP contribution >= 0.6 is 0 Å². The van der Waals surface area contributed by atoms with E-state index in [1.54, 1.807) is 13.2 Å². The molecule has 0 aliphatic heterocycles. The van der Waals surface area contributed by atoms with Crippen molar-refractivity contribution < 1.29 is 9.13 Å². The van der Waals surface area contributed by atoms with Crippen LogP contribution in [0.15, 0.2) is 42.5 Å². The van der Waals surface area contributed by atoms with Crippen LogP contribution < -0.4 is 4.74 Å². The Bertz CT molecular complexity index is 448. The molecule has 1 radical (unpaired) electrons. The quantitative estimate of drug-likeness (QED) is 0.724. The summed E-state index contributed by atoms with van der Waals surface area (Å²) in [5.74, 6) is 0.449. The minimum absolute atomic E-state index is 0.344. The molecule has 0 fully saturated rings. The van der Waals surface area contributed by atoms with E-state index >= 15 is 0 Å². The molecule has 0 heterocycles. The van der Waals surface area contributed by atoms with Crippen LogP contribution in [0.5, 0.6) is 5.75 Å². The summed E-state index contributed by atoms with van der Waals surface area (Å²) in [4.78, 5) is 0. The van der Waals surface area contributed by atoms with Crippen LogP contribution in [0.1, 0.15) is 0 Å². The lowest BCUT2D eigenvalue weighted by Gasteiger charge is -2.03. The van der Waals surface area contributed by atoms with Gasteiger partial charge < -0.3 is 4.74 Å². The van der Waals surface area contributed by atoms with Crippen LogP contribution in [0.3, 0.4) is 0 Å². The smallest absolute Gasteiger partial charge is 0.131 e. The van der Waals surface area contributed by atoms with Gasteiger partial charge in [-0.05, 0) is 29.3 Å². The summed E-state index contributed by atoms with van der Waals surface area (Å²) in [6.45, 7) is 0. The summed E-state index contributed by atoms with van der Waals surface area (Å²) in [5.41, 5.74) is 1.80. The lowest BCUT2D eigenvalue weighted by atomic mass is 10.1. The molecule has 2 rings (SSSR count). The standard InChI is InChI=1S/C13H10FO/c1-15-13-7-5-10(6-8-13)11-3-2-4-12(14)9-11/h2-3,5-9H,1H3. The fourth-order valence-corrected chi connectivity index (χ4v) is 1.40. The van der Waals surface area contributed by atoms with E-state index in [4.69, 9.17) is 4.74 Å². The Kier molecular flexibility index (Phi) is 2.68. The van der Waals surface area contributed by atoms with Gasteiger partial charge in [-0.1, -0.05) is 24.3 Å². The van der Waals surface area contributed by atoms with Gasteiger partial charge in [0.2, 0.25) is 0 Å². The van der Waals surface area contributed by atoms with Gasteiger partial charge in [0, 0.05) is 6.07 Å². The zero-order valence-corrected chi connectivity index (χ0v) is 8.33. The van der Waals surface area contributed by atoms with E-state index in [2.05, 4.69) is 6.07 Å². The molecule has 0 amide bonds. The minimum Gasteiger partial charge on any atom is -0.497 e. The number of methoxy groups -OCH3 is 1. The highest BCUT2D eigenvalue weighted by Crippen LogP contribution is 2.22. The monoisotopic (exact) mass is 201 g/mol. The highest BCUT2D eigenvalue weighted by Gasteiger charge is 1.99. The van der Waals surface area contributed by atoms with Crippen molar-refractivity contribution in [3.8, 4) is 16.9 Å². The van der Waals surface area contributed by atoms with Gasteiger partial charge in [-0.3, -0.25) is 0 Å². The van der Waals surface area contributed by atoms with Crippen molar-refractivity contribution in [2.45, 2.75) is 0 Å². The van der Waals surface area contributed by atoms with Crippen molar-refractivity contribution >= 4 is 0 Å². The topological polar surface area (TPSA) is 9.23 Å². The van der Waals surface area contributed by atoms with Gasteiger partial charge in [-0.15, -0.1) is 0 Å². The fourth-order valence-electron chi connectivity index (χ4n) is 1.40. The first-order valence-electron chi connectivity index (χ1n) is 4.61. The van der Waals surface area contributed by atoms with Crippen LogP contribution in [0.2, 0.25) is 0 Å². The van der Waals surface area contributed by atoms with E-state index in [1.165, 1.54) is 6.07 Å². The molecule has 0 N–H and O–H groups in total. The largest absolute Gasteiger partial charge is 0.497 e. The van der Waals surface area contributed by atoms with Gasteiger partial charge in [0.1, 0.15) is 11.6 Å². The highest BCUT2D eigenvalue weighted by molar-refractivity contribution is 5.63. The molecule has 2 heteroatoms. The number of halogens is 1. The van der Waals surface area contributed by atoms with Crippen LogP contribution in [0.25, 0.3) is 11.1 Å². The molecular formula is C13H10FO. The lowest BCUT2D eigenvalue weighted by Crippen LogP contribution is -1.83. The summed E-state index contributed by atoms with van der Waals surface area (Å²) < 4.78 is 18.0. The van der Waals surface area contributed by atoms with Crippen molar-refractivity contribution in [3.05, 3.63) is 54.3 Å². The number of hydrogen-bond acceptors (Lipinski definition) is 1. The molecule has 2 aromatic carbocycles. The third kappa shape index (κ3) is 2.15. The van der Waals surface area contributed by atoms with Gasteiger partial charge >= 0.3 is 0 Å². The van der Waals surface area contributed by atoms with E-state index < -0.39 is 0 Å². The molecule has 0 bridgehead atoms. The van der Waals surface area contributed by atoms with Crippen LogP contribution in [0, 0.1) is 11.9 Å². The molecule has 0 spiro atoms. The molecule has 0 unspecified atom stereocenters. The maximum atomic E-state index is 12.9. The van der Waals surface area contributed by atoms with E-state index in [-0.39, 0.29) is 5.82 Å².